The molecule has 1 heterocycles. The molecule has 1 saturated carbocycles. The smallest absolute Gasteiger partial charge is 0.243 e. The number of guanidine groups is 1. The first-order chi connectivity index (χ1) is 12.1. The molecule has 0 spiro atoms. The maximum Gasteiger partial charge on any atom is 0.243 e. The maximum atomic E-state index is 11.8. The van der Waals surface area contributed by atoms with Gasteiger partial charge in [-0.1, -0.05) is 25.3 Å². The quantitative estimate of drug-likeness (QED) is 0.434. The van der Waals surface area contributed by atoms with Crippen LogP contribution in [-0.2, 0) is 4.79 Å². The highest BCUT2D eigenvalue weighted by molar-refractivity contribution is 5.85. The Balaban J connectivity index is 1.81. The molecule has 6 heteroatoms. The average Bonchev–Trinajstić information content (AvgIpc) is 2.64. The highest BCUT2D eigenvalue weighted by atomic mass is 16.2. The van der Waals surface area contributed by atoms with Gasteiger partial charge in [-0.15, -0.1) is 6.58 Å². The van der Waals surface area contributed by atoms with Gasteiger partial charge in [-0.05, 0) is 25.7 Å². The van der Waals surface area contributed by atoms with E-state index in [4.69, 9.17) is 0 Å². The number of nitrogens with one attached hydrogen (secondary N) is 2. The highest BCUT2D eigenvalue weighted by Gasteiger charge is 2.26. The lowest BCUT2D eigenvalue weighted by Gasteiger charge is -2.39. The fourth-order valence-electron chi connectivity index (χ4n) is 3.66. The van der Waals surface area contributed by atoms with E-state index in [1.807, 2.05) is 0 Å². The molecule has 6 nitrogen and oxygen atoms in total. The van der Waals surface area contributed by atoms with Crippen LogP contribution in [0.3, 0.4) is 0 Å². The summed E-state index contributed by atoms with van der Waals surface area (Å²) in [5.74, 6) is 0.720. The molecule has 1 aliphatic carbocycles. The second kappa shape index (κ2) is 10.4. The van der Waals surface area contributed by atoms with Gasteiger partial charge in [0.2, 0.25) is 5.91 Å². The van der Waals surface area contributed by atoms with Crippen molar-refractivity contribution < 1.29 is 4.79 Å². The zero-order valence-corrected chi connectivity index (χ0v) is 16.0. The average molecular weight is 350 g/mol. The van der Waals surface area contributed by atoms with E-state index in [0.29, 0.717) is 18.5 Å². The third-order valence-corrected chi connectivity index (χ3v) is 5.25. The van der Waals surface area contributed by atoms with Crippen molar-refractivity contribution in [1.82, 2.24) is 20.4 Å². The predicted octanol–water partition coefficient (Wildman–Crippen LogP) is 1.59. The summed E-state index contributed by atoms with van der Waals surface area (Å²) in [5, 5.41) is 6.72. The first-order valence-electron chi connectivity index (χ1n) is 9.70. The van der Waals surface area contributed by atoms with Crippen molar-refractivity contribution in [2.75, 3.05) is 40.3 Å². The van der Waals surface area contributed by atoms with Crippen LogP contribution in [0.15, 0.2) is 17.6 Å². The van der Waals surface area contributed by atoms with Gasteiger partial charge in [-0.2, -0.15) is 0 Å². The minimum absolute atomic E-state index is 0.00632. The molecule has 0 aromatic heterocycles. The van der Waals surface area contributed by atoms with E-state index >= 15 is 0 Å². The molecule has 0 aromatic rings. The largest absolute Gasteiger partial charge is 0.354 e. The van der Waals surface area contributed by atoms with Gasteiger partial charge in [0.25, 0.3) is 0 Å². The van der Waals surface area contributed by atoms with Crippen LogP contribution in [0.2, 0.25) is 0 Å². The van der Waals surface area contributed by atoms with Crippen LogP contribution in [0.1, 0.15) is 44.9 Å². The van der Waals surface area contributed by atoms with E-state index in [0.717, 1.165) is 32.0 Å². The Bertz CT molecular complexity index is 449. The van der Waals surface area contributed by atoms with Crippen LogP contribution in [0, 0.1) is 0 Å². The number of carbonyl (C=O) groups excluding carboxylic acids is 1. The minimum Gasteiger partial charge on any atom is -0.354 e. The number of amides is 1. The lowest BCUT2D eigenvalue weighted by molar-refractivity contribution is -0.127. The molecule has 2 fully saturated rings. The highest BCUT2D eigenvalue weighted by Crippen LogP contribution is 2.25. The van der Waals surface area contributed by atoms with E-state index in [-0.39, 0.29) is 12.5 Å². The monoisotopic (exact) mass is 349 g/mol. The van der Waals surface area contributed by atoms with Gasteiger partial charge in [0.15, 0.2) is 5.96 Å². The fourth-order valence-corrected chi connectivity index (χ4v) is 3.66. The SMILES string of the molecule is C=CCNC(=NCC(=O)N(C)C)NC1CCN(C2CCCCC2)CC1. The van der Waals surface area contributed by atoms with Crippen molar-refractivity contribution in [3.63, 3.8) is 0 Å². The van der Waals surface area contributed by atoms with Crippen LogP contribution < -0.4 is 10.6 Å². The number of aliphatic imine (C=N–C) groups is 1. The third-order valence-electron chi connectivity index (χ3n) is 5.25. The number of hydrogen-bond acceptors (Lipinski definition) is 3. The molecular formula is C19H35N5O. The number of likely N-dealkylation sites (tertiary alicyclic amines) is 1. The van der Waals surface area contributed by atoms with E-state index < -0.39 is 0 Å². The van der Waals surface area contributed by atoms with Crippen molar-refractivity contribution >= 4 is 11.9 Å². The molecule has 1 saturated heterocycles. The second-order valence-electron chi connectivity index (χ2n) is 7.37. The molecular weight excluding hydrogens is 314 g/mol. The molecule has 0 atom stereocenters. The molecule has 0 radical (unpaired) electrons. The van der Waals surface area contributed by atoms with Crippen molar-refractivity contribution in [3.8, 4) is 0 Å². The van der Waals surface area contributed by atoms with E-state index in [9.17, 15) is 4.79 Å². The Morgan fingerprint density at radius 1 is 1.20 bits per heavy atom. The molecule has 1 aliphatic heterocycles. The number of rotatable bonds is 6. The Morgan fingerprint density at radius 2 is 1.88 bits per heavy atom. The Hall–Kier alpha value is -1.56. The molecule has 142 valence electrons. The molecule has 2 rings (SSSR count). The number of likely N-dealkylation sites (N-methyl/N-ethyl adjacent to an activating group) is 1. The summed E-state index contributed by atoms with van der Waals surface area (Å²) in [4.78, 5) is 20.4. The topological polar surface area (TPSA) is 60.0 Å². The Morgan fingerprint density at radius 3 is 2.48 bits per heavy atom. The molecule has 25 heavy (non-hydrogen) atoms. The zero-order valence-electron chi connectivity index (χ0n) is 16.0. The van der Waals surface area contributed by atoms with Gasteiger partial charge in [0, 0.05) is 45.8 Å². The van der Waals surface area contributed by atoms with E-state index in [1.165, 1.54) is 32.1 Å². The van der Waals surface area contributed by atoms with Gasteiger partial charge in [0.1, 0.15) is 6.54 Å². The van der Waals surface area contributed by atoms with Crippen molar-refractivity contribution in [2.45, 2.75) is 57.0 Å². The standard InChI is InChI=1S/C19H35N5O/c1-4-12-20-19(21-15-18(25)23(2)3)22-16-10-13-24(14-11-16)17-8-6-5-7-9-17/h4,16-17H,1,5-15H2,2-3H3,(H2,20,21,22). The van der Waals surface area contributed by atoms with E-state index in [1.54, 1.807) is 25.1 Å². The summed E-state index contributed by atoms with van der Waals surface area (Å²) in [5.41, 5.74) is 0. The summed E-state index contributed by atoms with van der Waals surface area (Å²) < 4.78 is 0. The minimum atomic E-state index is 0.00632. The van der Waals surface area contributed by atoms with E-state index in [2.05, 4.69) is 27.1 Å². The van der Waals surface area contributed by atoms with Gasteiger partial charge in [0.05, 0.1) is 0 Å². The fraction of sp³-hybridized carbons (Fsp3) is 0.789. The van der Waals surface area contributed by atoms with Crippen LogP contribution >= 0.6 is 0 Å². The van der Waals surface area contributed by atoms with Gasteiger partial charge >= 0.3 is 0 Å². The third kappa shape index (κ3) is 6.69. The molecule has 1 amide bonds. The summed E-state index contributed by atoms with van der Waals surface area (Å²) in [7, 11) is 3.51. The normalized spacial score (nSPS) is 21.0. The second-order valence-corrected chi connectivity index (χ2v) is 7.37. The molecule has 2 N–H and O–H groups in total. The van der Waals surface area contributed by atoms with Crippen LogP contribution in [0.4, 0.5) is 0 Å². The van der Waals surface area contributed by atoms with Crippen LogP contribution in [-0.4, -0.2) is 74.0 Å². The molecule has 0 bridgehead atoms. The lowest BCUT2D eigenvalue weighted by Crippen LogP contribution is -2.51. The van der Waals surface area contributed by atoms with Crippen molar-refractivity contribution in [1.29, 1.82) is 0 Å². The number of hydrogen-bond donors (Lipinski definition) is 2. The maximum absolute atomic E-state index is 11.8. The number of nitrogens with zero attached hydrogens (tertiary/aromatic N) is 3. The van der Waals surface area contributed by atoms with Crippen molar-refractivity contribution in [2.24, 2.45) is 4.99 Å². The zero-order chi connectivity index (χ0) is 18.1. The Labute approximate surface area is 152 Å². The van der Waals surface area contributed by atoms with Gasteiger partial charge in [-0.25, -0.2) is 4.99 Å². The lowest BCUT2D eigenvalue weighted by atomic mass is 9.92. The first-order valence-corrected chi connectivity index (χ1v) is 9.70. The van der Waals surface area contributed by atoms with Crippen LogP contribution in [0.25, 0.3) is 0 Å². The number of piperidine rings is 1. The van der Waals surface area contributed by atoms with Gasteiger partial charge in [-0.3, -0.25) is 4.79 Å². The summed E-state index contributed by atoms with van der Waals surface area (Å²) >= 11 is 0. The predicted molar refractivity (Wildman–Crippen MR) is 104 cm³/mol. The number of carbonyl (C=O) groups is 1. The molecule has 0 unspecified atom stereocenters. The molecule has 2 aliphatic rings. The summed E-state index contributed by atoms with van der Waals surface area (Å²) in [6.45, 7) is 6.87. The first kappa shape index (κ1) is 19.8. The van der Waals surface area contributed by atoms with Crippen LogP contribution in [0.5, 0.6) is 0 Å². The van der Waals surface area contributed by atoms with Gasteiger partial charge < -0.3 is 20.4 Å². The van der Waals surface area contributed by atoms with Crippen molar-refractivity contribution in [3.05, 3.63) is 12.7 Å². The molecule has 0 aromatic carbocycles. The summed E-state index contributed by atoms with van der Waals surface area (Å²) in [6, 6.07) is 1.23. The summed E-state index contributed by atoms with van der Waals surface area (Å²) in [6.07, 6.45) is 11.0. The Kier molecular flexibility index (Phi) is 8.25.